The van der Waals surface area contributed by atoms with Gasteiger partial charge in [-0.05, 0) is 48.7 Å². The zero-order chi connectivity index (χ0) is 17.0. The second kappa shape index (κ2) is 7.25. The van der Waals surface area contributed by atoms with Gasteiger partial charge in [-0.1, -0.05) is 11.6 Å². The summed E-state index contributed by atoms with van der Waals surface area (Å²) in [5, 5.41) is 3.16. The smallest absolute Gasteiger partial charge is 0.261 e. The van der Waals surface area contributed by atoms with Crippen LogP contribution < -0.4 is 10.0 Å². The van der Waals surface area contributed by atoms with Crippen molar-refractivity contribution in [2.45, 2.75) is 16.7 Å². The first-order chi connectivity index (χ1) is 10.8. The molecule has 0 aliphatic carbocycles. The lowest BCUT2D eigenvalue weighted by Crippen LogP contribution is -2.14. The van der Waals surface area contributed by atoms with Gasteiger partial charge in [-0.25, -0.2) is 8.42 Å². The molecule has 0 aliphatic heterocycles. The normalized spacial score (nSPS) is 11.1. The summed E-state index contributed by atoms with van der Waals surface area (Å²) >= 11 is 7.20. The number of halogens is 1. The first-order valence-corrected chi connectivity index (χ1v) is 9.64. The Morgan fingerprint density at radius 1 is 1.13 bits per heavy atom. The van der Waals surface area contributed by atoms with E-state index in [9.17, 15) is 13.2 Å². The minimum atomic E-state index is -3.76. The molecule has 0 fully saturated rings. The Kier molecular flexibility index (Phi) is 5.56. The monoisotopic (exact) mass is 370 g/mol. The molecule has 0 radical (unpaired) electrons. The molecule has 5 nitrogen and oxygen atoms in total. The van der Waals surface area contributed by atoms with E-state index in [0.29, 0.717) is 16.4 Å². The maximum absolute atomic E-state index is 12.5. The van der Waals surface area contributed by atoms with Gasteiger partial charge in [0.2, 0.25) is 5.91 Å². The van der Waals surface area contributed by atoms with Gasteiger partial charge in [0.15, 0.2) is 0 Å². The Balaban J connectivity index is 2.35. The summed E-state index contributed by atoms with van der Waals surface area (Å²) in [6.45, 7) is 1.37. The highest BCUT2D eigenvalue weighted by molar-refractivity contribution is 7.98. The Labute approximate surface area is 144 Å². The Bertz CT molecular complexity index is 821. The van der Waals surface area contributed by atoms with E-state index in [4.69, 9.17) is 11.6 Å². The molecule has 2 rings (SSSR count). The molecule has 0 bridgehead atoms. The maximum atomic E-state index is 12.5. The van der Waals surface area contributed by atoms with Crippen LogP contribution in [0.1, 0.15) is 6.92 Å². The number of hydrogen-bond donors (Lipinski definition) is 2. The van der Waals surface area contributed by atoms with Gasteiger partial charge in [-0.2, -0.15) is 0 Å². The summed E-state index contributed by atoms with van der Waals surface area (Å²) < 4.78 is 27.4. The predicted molar refractivity (Wildman–Crippen MR) is 94.8 cm³/mol. The Morgan fingerprint density at radius 2 is 1.78 bits per heavy atom. The van der Waals surface area contributed by atoms with E-state index in [1.165, 1.54) is 30.8 Å². The fourth-order valence-corrected chi connectivity index (χ4v) is 3.62. The Hall–Kier alpha value is -1.70. The average molecular weight is 371 g/mol. The number of hydrogen-bond acceptors (Lipinski definition) is 4. The third-order valence-electron chi connectivity index (χ3n) is 2.89. The zero-order valence-corrected chi connectivity index (χ0v) is 14.8. The van der Waals surface area contributed by atoms with E-state index in [1.807, 2.05) is 6.26 Å². The third-order valence-corrected chi connectivity index (χ3v) is 5.32. The van der Waals surface area contributed by atoms with Gasteiger partial charge in [0.25, 0.3) is 10.0 Å². The first-order valence-electron chi connectivity index (χ1n) is 6.56. The minimum Gasteiger partial charge on any atom is -0.325 e. The SMILES string of the molecule is CSc1ccc(S(=O)(=O)Nc2ccc(Cl)cc2)cc1NC(C)=O. The van der Waals surface area contributed by atoms with Gasteiger partial charge in [0.1, 0.15) is 0 Å². The number of carbonyl (C=O) groups is 1. The van der Waals surface area contributed by atoms with Crippen LogP contribution in [-0.2, 0) is 14.8 Å². The van der Waals surface area contributed by atoms with Gasteiger partial charge >= 0.3 is 0 Å². The van der Waals surface area contributed by atoms with Crippen LogP contribution in [0.4, 0.5) is 11.4 Å². The maximum Gasteiger partial charge on any atom is 0.261 e. The van der Waals surface area contributed by atoms with E-state index in [1.54, 1.807) is 30.3 Å². The molecule has 8 heteroatoms. The highest BCUT2D eigenvalue weighted by Gasteiger charge is 2.16. The van der Waals surface area contributed by atoms with Crippen molar-refractivity contribution in [1.82, 2.24) is 0 Å². The number of benzene rings is 2. The van der Waals surface area contributed by atoms with E-state index in [-0.39, 0.29) is 10.8 Å². The second-order valence-corrected chi connectivity index (χ2v) is 7.62. The molecule has 122 valence electrons. The van der Waals surface area contributed by atoms with Crippen molar-refractivity contribution in [2.24, 2.45) is 0 Å². The topological polar surface area (TPSA) is 75.3 Å². The number of carbonyl (C=O) groups excluding carboxylic acids is 1. The molecule has 2 aromatic rings. The van der Waals surface area contributed by atoms with Crippen LogP contribution in [-0.4, -0.2) is 20.6 Å². The number of rotatable bonds is 5. The fourth-order valence-electron chi connectivity index (χ4n) is 1.87. The lowest BCUT2D eigenvalue weighted by atomic mass is 10.3. The first kappa shape index (κ1) is 17.7. The van der Waals surface area contributed by atoms with Crippen molar-refractivity contribution in [3.05, 3.63) is 47.5 Å². The molecular formula is C15H15ClN2O3S2. The minimum absolute atomic E-state index is 0.0639. The number of thioether (sulfide) groups is 1. The van der Waals surface area contributed by atoms with Gasteiger partial charge < -0.3 is 5.32 Å². The van der Waals surface area contributed by atoms with E-state index in [2.05, 4.69) is 10.0 Å². The molecule has 23 heavy (non-hydrogen) atoms. The molecule has 0 atom stereocenters. The second-order valence-electron chi connectivity index (χ2n) is 4.66. The zero-order valence-electron chi connectivity index (χ0n) is 12.5. The van der Waals surface area contributed by atoms with Gasteiger partial charge in [-0.15, -0.1) is 11.8 Å². The highest BCUT2D eigenvalue weighted by Crippen LogP contribution is 2.29. The lowest BCUT2D eigenvalue weighted by molar-refractivity contribution is -0.114. The summed E-state index contributed by atoms with van der Waals surface area (Å²) in [5.41, 5.74) is 0.869. The van der Waals surface area contributed by atoms with E-state index < -0.39 is 10.0 Å². The van der Waals surface area contributed by atoms with Crippen molar-refractivity contribution in [1.29, 1.82) is 0 Å². The molecule has 2 aromatic carbocycles. The molecule has 0 saturated carbocycles. The van der Waals surface area contributed by atoms with Gasteiger partial charge in [0, 0.05) is 22.5 Å². The molecular weight excluding hydrogens is 356 g/mol. The van der Waals surface area contributed by atoms with Crippen molar-refractivity contribution < 1.29 is 13.2 Å². The standard InChI is InChI=1S/C15H15ClN2O3S2/c1-10(19)17-14-9-13(7-8-15(14)22-2)23(20,21)18-12-5-3-11(16)4-6-12/h3-9,18H,1-2H3,(H,17,19). The van der Waals surface area contributed by atoms with Crippen LogP contribution in [0.3, 0.4) is 0 Å². The molecule has 0 heterocycles. The van der Waals surface area contributed by atoms with Crippen LogP contribution in [0.15, 0.2) is 52.3 Å². The van der Waals surface area contributed by atoms with Crippen molar-refractivity contribution in [3.63, 3.8) is 0 Å². The molecule has 0 saturated heterocycles. The summed E-state index contributed by atoms with van der Waals surface area (Å²) in [6, 6.07) is 10.9. The van der Waals surface area contributed by atoms with Crippen LogP contribution in [0.2, 0.25) is 5.02 Å². The largest absolute Gasteiger partial charge is 0.325 e. The van der Waals surface area contributed by atoms with Crippen LogP contribution in [0.25, 0.3) is 0 Å². The molecule has 0 aromatic heterocycles. The van der Waals surface area contributed by atoms with Crippen molar-refractivity contribution in [3.8, 4) is 0 Å². The molecule has 0 spiro atoms. The van der Waals surface area contributed by atoms with Crippen LogP contribution in [0.5, 0.6) is 0 Å². The summed E-state index contributed by atoms with van der Waals surface area (Å²) in [4.78, 5) is 12.1. The number of anilines is 2. The van der Waals surface area contributed by atoms with Crippen molar-refractivity contribution >= 4 is 50.7 Å². The summed E-state index contributed by atoms with van der Waals surface area (Å²) in [7, 11) is -3.76. The molecule has 2 N–H and O–H groups in total. The van der Waals surface area contributed by atoms with E-state index in [0.717, 1.165) is 4.90 Å². The highest BCUT2D eigenvalue weighted by atomic mass is 35.5. The van der Waals surface area contributed by atoms with Gasteiger partial charge in [0.05, 0.1) is 10.6 Å². The average Bonchev–Trinajstić information content (AvgIpc) is 2.49. The summed E-state index contributed by atoms with van der Waals surface area (Å²) in [6.07, 6.45) is 1.85. The number of sulfonamides is 1. The lowest BCUT2D eigenvalue weighted by Gasteiger charge is -2.12. The number of nitrogens with one attached hydrogen (secondary N) is 2. The quantitative estimate of drug-likeness (QED) is 0.784. The Morgan fingerprint density at radius 3 is 2.35 bits per heavy atom. The summed E-state index contributed by atoms with van der Waals surface area (Å²) in [5.74, 6) is -0.263. The molecule has 0 unspecified atom stereocenters. The molecule has 0 aliphatic rings. The predicted octanol–water partition coefficient (Wildman–Crippen LogP) is 3.82. The fraction of sp³-hybridized carbons (Fsp3) is 0.133. The number of amides is 1. The third kappa shape index (κ3) is 4.63. The molecule has 1 amide bonds. The van der Waals surface area contributed by atoms with E-state index >= 15 is 0 Å². The van der Waals surface area contributed by atoms with Crippen molar-refractivity contribution in [2.75, 3.05) is 16.3 Å². The van der Waals surface area contributed by atoms with Crippen LogP contribution >= 0.6 is 23.4 Å². The van der Waals surface area contributed by atoms with Crippen LogP contribution in [0, 0.1) is 0 Å². The van der Waals surface area contributed by atoms with Gasteiger partial charge in [-0.3, -0.25) is 9.52 Å².